The summed E-state index contributed by atoms with van der Waals surface area (Å²) >= 11 is 0. The van der Waals surface area contributed by atoms with Gasteiger partial charge in [0, 0.05) is 24.4 Å². The molecule has 4 heteroatoms. The number of nitrogens with zero attached hydrogens (tertiary/aromatic N) is 2. The molecule has 0 bridgehead atoms. The van der Waals surface area contributed by atoms with Crippen LogP contribution in [0.15, 0.2) is 24.5 Å². The van der Waals surface area contributed by atoms with Crippen molar-refractivity contribution in [2.45, 2.75) is 38.1 Å². The molecule has 2 saturated heterocycles. The van der Waals surface area contributed by atoms with E-state index < -0.39 is 0 Å². The molecule has 0 aliphatic carbocycles. The fraction of sp³-hybridized carbons (Fsp3) is 0.625. The molecular formula is C16H22N2O2. The van der Waals surface area contributed by atoms with Crippen LogP contribution in [-0.4, -0.2) is 41.6 Å². The molecule has 3 rings (SSSR count). The van der Waals surface area contributed by atoms with Crippen LogP contribution in [0.1, 0.15) is 42.5 Å². The van der Waals surface area contributed by atoms with Gasteiger partial charge in [0.25, 0.3) is 0 Å². The molecular weight excluding hydrogens is 252 g/mol. The predicted octanol–water partition coefficient (Wildman–Crippen LogP) is 2.50. The number of ether oxygens (including phenoxy) is 1. The van der Waals surface area contributed by atoms with Crippen molar-refractivity contribution in [3.05, 3.63) is 30.1 Å². The van der Waals surface area contributed by atoms with E-state index in [1.54, 1.807) is 24.5 Å². The summed E-state index contributed by atoms with van der Waals surface area (Å²) in [6.45, 7) is 3.00. The number of pyridine rings is 1. The normalized spacial score (nSPS) is 26.8. The number of piperidine rings is 2. The number of hydrogen-bond acceptors (Lipinski definition) is 4. The van der Waals surface area contributed by atoms with Gasteiger partial charge in [0.2, 0.25) is 0 Å². The van der Waals surface area contributed by atoms with Crippen molar-refractivity contribution in [2.24, 2.45) is 5.92 Å². The Morgan fingerprint density at radius 1 is 1.20 bits per heavy atom. The molecule has 2 aliphatic rings. The highest BCUT2D eigenvalue weighted by Gasteiger charge is 2.33. The number of fused-ring (bicyclic) bond motifs is 1. The highest BCUT2D eigenvalue weighted by Crippen LogP contribution is 2.31. The quantitative estimate of drug-likeness (QED) is 0.794. The number of carbonyl (C=O) groups is 1. The smallest absolute Gasteiger partial charge is 0.338 e. The Hall–Kier alpha value is -1.42. The van der Waals surface area contributed by atoms with Crippen LogP contribution in [0.5, 0.6) is 0 Å². The Kier molecular flexibility index (Phi) is 4.31. The molecule has 1 aromatic rings. The molecule has 108 valence electrons. The summed E-state index contributed by atoms with van der Waals surface area (Å²) in [7, 11) is 0. The molecule has 4 nitrogen and oxygen atoms in total. The van der Waals surface area contributed by atoms with Crippen molar-refractivity contribution in [1.29, 1.82) is 0 Å². The molecule has 0 saturated carbocycles. The minimum Gasteiger partial charge on any atom is -0.462 e. The van der Waals surface area contributed by atoms with E-state index in [0.29, 0.717) is 24.1 Å². The van der Waals surface area contributed by atoms with Crippen LogP contribution in [-0.2, 0) is 4.74 Å². The highest BCUT2D eigenvalue weighted by molar-refractivity contribution is 5.89. The number of aromatic nitrogens is 1. The summed E-state index contributed by atoms with van der Waals surface area (Å²) in [4.78, 5) is 18.5. The zero-order valence-electron chi connectivity index (χ0n) is 11.8. The van der Waals surface area contributed by atoms with Gasteiger partial charge in [0.05, 0.1) is 12.2 Å². The molecule has 1 aromatic heterocycles. The van der Waals surface area contributed by atoms with Crippen LogP contribution in [0.3, 0.4) is 0 Å². The molecule has 2 atom stereocenters. The van der Waals surface area contributed by atoms with Gasteiger partial charge in [0.15, 0.2) is 0 Å². The average molecular weight is 274 g/mol. The maximum Gasteiger partial charge on any atom is 0.338 e. The summed E-state index contributed by atoms with van der Waals surface area (Å²) in [5.74, 6) is 0.287. The molecule has 0 radical (unpaired) electrons. The Balaban J connectivity index is 1.56. The monoisotopic (exact) mass is 274 g/mol. The second kappa shape index (κ2) is 6.35. The van der Waals surface area contributed by atoms with Gasteiger partial charge in [-0.15, -0.1) is 0 Å². The highest BCUT2D eigenvalue weighted by atomic mass is 16.5. The molecule has 0 amide bonds. The second-order valence-electron chi connectivity index (χ2n) is 5.84. The maximum absolute atomic E-state index is 12.0. The van der Waals surface area contributed by atoms with Gasteiger partial charge < -0.3 is 4.74 Å². The van der Waals surface area contributed by atoms with E-state index in [-0.39, 0.29) is 5.97 Å². The molecule has 3 heterocycles. The number of esters is 1. The lowest BCUT2D eigenvalue weighted by atomic mass is 9.84. The second-order valence-corrected chi connectivity index (χ2v) is 5.84. The van der Waals surface area contributed by atoms with E-state index in [4.69, 9.17) is 4.74 Å². The zero-order chi connectivity index (χ0) is 13.8. The summed E-state index contributed by atoms with van der Waals surface area (Å²) < 4.78 is 5.52. The maximum atomic E-state index is 12.0. The van der Waals surface area contributed by atoms with Gasteiger partial charge in [-0.3, -0.25) is 9.88 Å². The van der Waals surface area contributed by atoms with Crippen LogP contribution in [0.2, 0.25) is 0 Å². The van der Waals surface area contributed by atoms with E-state index in [2.05, 4.69) is 9.88 Å². The first-order chi connectivity index (χ1) is 9.84. The largest absolute Gasteiger partial charge is 0.462 e. The molecule has 20 heavy (non-hydrogen) atoms. The van der Waals surface area contributed by atoms with Crippen molar-refractivity contribution in [3.63, 3.8) is 0 Å². The first-order valence-corrected chi connectivity index (χ1v) is 7.66. The van der Waals surface area contributed by atoms with E-state index in [1.807, 2.05) is 0 Å². The molecule has 0 aromatic carbocycles. The Morgan fingerprint density at radius 3 is 2.85 bits per heavy atom. The van der Waals surface area contributed by atoms with Crippen LogP contribution < -0.4 is 0 Å². The standard InChI is InChI=1S/C16H22N2O2/c19-16(13-6-8-17-9-7-13)20-12-14-4-3-11-18-10-2-1-5-15(14)18/h6-9,14-15H,1-5,10-12H2/t14-,15+/m1/s1. The van der Waals surface area contributed by atoms with Gasteiger partial charge in [-0.05, 0) is 50.9 Å². The van der Waals surface area contributed by atoms with Crippen LogP contribution >= 0.6 is 0 Å². The molecule has 0 spiro atoms. The third-order valence-electron chi connectivity index (χ3n) is 4.57. The van der Waals surface area contributed by atoms with Crippen molar-refractivity contribution < 1.29 is 9.53 Å². The van der Waals surface area contributed by atoms with Crippen molar-refractivity contribution in [1.82, 2.24) is 9.88 Å². The molecule has 0 N–H and O–H groups in total. The first-order valence-electron chi connectivity index (χ1n) is 7.66. The average Bonchev–Trinajstić information content (AvgIpc) is 2.53. The summed E-state index contributed by atoms with van der Waals surface area (Å²) in [5.41, 5.74) is 0.594. The summed E-state index contributed by atoms with van der Waals surface area (Å²) in [5, 5.41) is 0. The number of rotatable bonds is 3. The number of hydrogen-bond donors (Lipinski definition) is 0. The third-order valence-corrected chi connectivity index (χ3v) is 4.57. The molecule has 2 aliphatic heterocycles. The van der Waals surface area contributed by atoms with Gasteiger partial charge in [0.1, 0.15) is 0 Å². The van der Waals surface area contributed by atoms with E-state index in [9.17, 15) is 4.79 Å². The topological polar surface area (TPSA) is 42.4 Å². The Morgan fingerprint density at radius 2 is 2.00 bits per heavy atom. The van der Waals surface area contributed by atoms with Gasteiger partial charge in [-0.2, -0.15) is 0 Å². The van der Waals surface area contributed by atoms with Crippen LogP contribution in [0.4, 0.5) is 0 Å². The fourth-order valence-electron chi connectivity index (χ4n) is 3.53. The lowest BCUT2D eigenvalue weighted by Gasteiger charge is -2.44. The Bertz CT molecular complexity index is 447. The van der Waals surface area contributed by atoms with Gasteiger partial charge in [-0.1, -0.05) is 6.42 Å². The van der Waals surface area contributed by atoms with Gasteiger partial charge >= 0.3 is 5.97 Å². The lowest BCUT2D eigenvalue weighted by molar-refractivity contribution is 0.00738. The van der Waals surface area contributed by atoms with Crippen molar-refractivity contribution in [3.8, 4) is 0 Å². The number of carbonyl (C=O) groups excluding carboxylic acids is 1. The molecule has 0 unspecified atom stereocenters. The third kappa shape index (κ3) is 3.01. The van der Waals surface area contributed by atoms with Crippen molar-refractivity contribution >= 4 is 5.97 Å². The minimum absolute atomic E-state index is 0.222. The fourth-order valence-corrected chi connectivity index (χ4v) is 3.53. The predicted molar refractivity (Wildman–Crippen MR) is 76.5 cm³/mol. The summed E-state index contributed by atoms with van der Waals surface area (Å²) in [6, 6.07) is 4.04. The van der Waals surface area contributed by atoms with E-state index in [1.165, 1.54) is 45.2 Å². The zero-order valence-corrected chi connectivity index (χ0v) is 11.8. The lowest BCUT2D eigenvalue weighted by Crippen LogP contribution is -2.49. The van der Waals surface area contributed by atoms with Gasteiger partial charge in [-0.25, -0.2) is 4.79 Å². The minimum atomic E-state index is -0.222. The van der Waals surface area contributed by atoms with Crippen LogP contribution in [0, 0.1) is 5.92 Å². The van der Waals surface area contributed by atoms with E-state index in [0.717, 1.165) is 0 Å². The van der Waals surface area contributed by atoms with Crippen molar-refractivity contribution in [2.75, 3.05) is 19.7 Å². The summed E-state index contributed by atoms with van der Waals surface area (Å²) in [6.07, 6.45) is 9.56. The SMILES string of the molecule is O=C(OC[C@H]1CCCN2CCCC[C@@H]12)c1ccncc1. The molecule has 2 fully saturated rings. The first kappa shape index (κ1) is 13.6. The Labute approximate surface area is 120 Å². The van der Waals surface area contributed by atoms with Crippen LogP contribution in [0.25, 0.3) is 0 Å². The van der Waals surface area contributed by atoms with E-state index >= 15 is 0 Å².